The third-order valence-corrected chi connectivity index (χ3v) is 11.8. The van der Waals surface area contributed by atoms with E-state index in [2.05, 4.69) is 13.8 Å². The number of unbranched alkanes of at least 4 members (excludes halogenated alkanes) is 2. The summed E-state index contributed by atoms with van der Waals surface area (Å²) in [7, 11) is 0. The molecule has 0 unspecified atom stereocenters. The summed E-state index contributed by atoms with van der Waals surface area (Å²) < 4.78 is 9.25. The minimum atomic E-state index is -1.80. The topological polar surface area (TPSA) is 101 Å². The van der Waals surface area contributed by atoms with Crippen LogP contribution in [0.2, 0.25) is 13.3 Å². The van der Waals surface area contributed by atoms with Crippen LogP contribution in [0.25, 0.3) is 0 Å². The number of carboxylic acid groups (broad SMARTS) is 1. The second-order valence-electron chi connectivity index (χ2n) is 5.64. The molecule has 0 aliphatic rings. The molecule has 0 amide bonds. The Labute approximate surface area is 152 Å². The fraction of sp³-hybridized carbons (Fsp3) is 0.765. The van der Waals surface area contributed by atoms with Crippen molar-refractivity contribution in [2.45, 2.75) is 73.1 Å². The zero-order chi connectivity index (χ0) is 19.0. The number of carbonyl (C=O) groups excluding carboxylic acids is 4. The summed E-state index contributed by atoms with van der Waals surface area (Å²) in [6.07, 6.45) is 4.83. The van der Waals surface area contributed by atoms with Gasteiger partial charge in [0, 0.05) is 0 Å². The molecule has 0 bridgehead atoms. The summed E-state index contributed by atoms with van der Waals surface area (Å²) in [6, 6.07) is 0. The molecule has 0 radical (unpaired) electrons. The standard InChI is InChI=1S/C5H6O4.C4H7O2.2C4H9.Sn/c1-3(6)2-4(7)5(8)9;1-3-6-4(2)5;2*1-3-4-2;/h2H2,1H3,(H,8,9);1,3H2,2H3;2*1,3-4H2,2H3;/q;;;;+1/p-1. The molecule has 0 fully saturated rings. The van der Waals surface area contributed by atoms with Gasteiger partial charge in [-0.05, 0) is 6.92 Å². The minimum absolute atomic E-state index is 0.122. The molecule has 0 aromatic heterocycles. The Balaban J connectivity index is 0. The summed E-state index contributed by atoms with van der Waals surface area (Å²) in [6.45, 7) is 7.85. The number of esters is 1. The molecule has 0 aliphatic heterocycles. The van der Waals surface area contributed by atoms with Gasteiger partial charge >= 0.3 is 102 Å². The Kier molecular flexibility index (Phi) is 17.9. The van der Waals surface area contributed by atoms with Gasteiger partial charge in [-0.3, -0.25) is 9.59 Å². The van der Waals surface area contributed by atoms with Crippen molar-refractivity contribution in [3.8, 4) is 0 Å². The van der Waals surface area contributed by atoms with E-state index in [4.69, 9.17) is 4.74 Å². The van der Waals surface area contributed by atoms with E-state index in [1.54, 1.807) is 0 Å². The average Bonchev–Trinajstić information content (AvgIpc) is 2.49. The maximum absolute atomic E-state index is 10.7. The molecule has 6 nitrogen and oxygen atoms in total. The second kappa shape index (κ2) is 16.9. The summed E-state index contributed by atoms with van der Waals surface area (Å²) in [4.78, 5) is 40.4. The van der Waals surface area contributed by atoms with E-state index in [0.717, 1.165) is 6.92 Å². The van der Waals surface area contributed by atoms with E-state index in [1.807, 2.05) is 0 Å². The molecule has 138 valence electrons. The Bertz CT molecular complexity index is 387. The Hall–Kier alpha value is -0.921. The molecule has 0 spiro atoms. The van der Waals surface area contributed by atoms with Crippen molar-refractivity contribution in [2.24, 2.45) is 0 Å². The Morgan fingerprint density at radius 1 is 0.917 bits per heavy atom. The zero-order valence-electron chi connectivity index (χ0n) is 15.3. The predicted octanol–water partition coefficient (Wildman–Crippen LogP) is 1.93. The number of hydrogen-bond acceptors (Lipinski definition) is 6. The van der Waals surface area contributed by atoms with Gasteiger partial charge in [-0.15, -0.1) is 0 Å². The molecule has 0 aliphatic carbocycles. The van der Waals surface area contributed by atoms with Crippen molar-refractivity contribution in [1.82, 2.24) is 0 Å². The summed E-state index contributed by atoms with van der Waals surface area (Å²) in [5, 5.41) is 9.62. The van der Waals surface area contributed by atoms with Crippen LogP contribution >= 0.6 is 0 Å². The van der Waals surface area contributed by atoms with E-state index in [0.29, 0.717) is 6.61 Å². The van der Waals surface area contributed by atoms with E-state index in [1.165, 1.54) is 45.9 Å². The van der Waals surface area contributed by atoms with Crippen molar-refractivity contribution < 1.29 is 29.0 Å². The molecular weight excluding hydrogens is 419 g/mol. The van der Waals surface area contributed by atoms with Crippen molar-refractivity contribution in [1.29, 1.82) is 0 Å². The van der Waals surface area contributed by atoms with Crippen LogP contribution in [-0.2, 0) is 23.9 Å². The number of hydrogen-bond donors (Lipinski definition) is 0. The molecule has 0 saturated carbocycles. The van der Waals surface area contributed by atoms with E-state index < -0.39 is 43.7 Å². The van der Waals surface area contributed by atoms with Crippen LogP contribution in [0.1, 0.15) is 59.8 Å². The van der Waals surface area contributed by atoms with Crippen molar-refractivity contribution >= 4 is 43.3 Å². The van der Waals surface area contributed by atoms with E-state index in [-0.39, 0.29) is 5.97 Å². The van der Waals surface area contributed by atoms with Crippen LogP contribution in [0.4, 0.5) is 0 Å². The monoisotopic (exact) mass is 450 g/mol. The number of carbonyl (C=O) groups is 4. The van der Waals surface area contributed by atoms with Crippen molar-refractivity contribution in [3.63, 3.8) is 0 Å². The van der Waals surface area contributed by atoms with Gasteiger partial charge in [-0.2, -0.15) is 0 Å². The first-order valence-corrected chi connectivity index (χ1v) is 14.5. The van der Waals surface area contributed by atoms with Crippen LogP contribution in [0.3, 0.4) is 0 Å². The number of ether oxygens (including phenoxy) is 1. The maximum atomic E-state index is 10.7. The average molecular weight is 449 g/mol. The molecule has 7 heteroatoms. The Morgan fingerprint density at radius 2 is 1.42 bits per heavy atom. The first-order valence-electron chi connectivity index (χ1n) is 8.45. The van der Waals surface area contributed by atoms with Gasteiger partial charge in [0.2, 0.25) is 0 Å². The van der Waals surface area contributed by atoms with E-state index >= 15 is 0 Å². The normalized spacial score (nSPS) is 9.50. The molecule has 24 heavy (non-hydrogen) atoms. The van der Waals surface area contributed by atoms with Crippen molar-refractivity contribution in [2.75, 3.05) is 6.61 Å². The van der Waals surface area contributed by atoms with Gasteiger partial charge < -0.3 is 9.90 Å². The number of carboxylic acids is 1. The van der Waals surface area contributed by atoms with Crippen LogP contribution in [0.15, 0.2) is 0 Å². The first-order chi connectivity index (χ1) is 11.2. The third kappa shape index (κ3) is 19.1. The molecule has 0 rings (SSSR count). The Morgan fingerprint density at radius 3 is 1.71 bits per heavy atom. The van der Waals surface area contributed by atoms with Crippen molar-refractivity contribution in [3.05, 3.63) is 0 Å². The zero-order valence-corrected chi connectivity index (χ0v) is 18.2. The van der Waals surface area contributed by atoms with Gasteiger partial charge in [0.15, 0.2) is 5.78 Å². The molecule has 0 aromatic rings. The SMILES string of the molecule is CC(=O)CC(=O)C(=O)[O-].CCC[CH2][Sn+]([CH2]CCC)[CH2]COC(C)=O. The molecular formula is C17H30O6Sn. The summed E-state index contributed by atoms with van der Waals surface area (Å²) >= 11 is -1.17. The van der Waals surface area contributed by atoms with Crippen LogP contribution < -0.4 is 5.11 Å². The molecule has 0 N–H and O–H groups in total. The molecule has 0 atom stereocenters. The third-order valence-electron chi connectivity index (χ3n) is 3.17. The fourth-order valence-electron chi connectivity index (χ4n) is 1.87. The van der Waals surface area contributed by atoms with Crippen LogP contribution in [-0.4, -0.2) is 49.9 Å². The molecule has 0 aromatic carbocycles. The van der Waals surface area contributed by atoms with Crippen LogP contribution in [0, 0.1) is 0 Å². The van der Waals surface area contributed by atoms with Gasteiger partial charge in [0.25, 0.3) is 0 Å². The number of Topliss-reactive ketones (excluding diaryl/α,β-unsaturated/α-hetero) is 2. The first kappa shape index (κ1) is 25.3. The number of rotatable bonds is 12. The van der Waals surface area contributed by atoms with Crippen LogP contribution in [0.5, 0.6) is 0 Å². The molecule has 0 saturated heterocycles. The van der Waals surface area contributed by atoms with Gasteiger partial charge in [-0.1, -0.05) is 0 Å². The summed E-state index contributed by atoms with van der Waals surface area (Å²) in [5.41, 5.74) is 0. The summed E-state index contributed by atoms with van der Waals surface area (Å²) in [5.74, 6) is -3.55. The molecule has 0 heterocycles. The van der Waals surface area contributed by atoms with E-state index in [9.17, 15) is 24.3 Å². The second-order valence-corrected chi connectivity index (χ2v) is 14.2. The predicted molar refractivity (Wildman–Crippen MR) is 91.9 cm³/mol. The number of ketones is 2. The quantitative estimate of drug-likeness (QED) is 0.195. The fourth-order valence-corrected chi connectivity index (χ4v) is 9.99. The van der Waals surface area contributed by atoms with Gasteiger partial charge in [0.1, 0.15) is 11.8 Å². The van der Waals surface area contributed by atoms with Gasteiger partial charge in [-0.25, -0.2) is 0 Å². The number of aliphatic carboxylic acids is 1. The van der Waals surface area contributed by atoms with Gasteiger partial charge in [0.05, 0.1) is 6.42 Å².